The molecule has 0 atom stereocenters. The highest BCUT2D eigenvalue weighted by Crippen LogP contribution is 2.30. The van der Waals surface area contributed by atoms with E-state index in [-0.39, 0.29) is 12.5 Å². The molecule has 0 saturated heterocycles. The van der Waals surface area contributed by atoms with Crippen molar-refractivity contribution in [3.05, 3.63) is 29.6 Å². The Bertz CT molecular complexity index is 524. The lowest BCUT2D eigenvalue weighted by molar-refractivity contribution is -0.150. The number of hydrogen-bond donors (Lipinski definition) is 3. The molecule has 0 radical (unpaired) electrons. The number of carbonyl (C=O) groups excluding carboxylic acids is 1. The number of pyridine rings is 1. The quantitative estimate of drug-likeness (QED) is 0.750. The molecule has 0 fully saturated rings. The van der Waals surface area contributed by atoms with Crippen molar-refractivity contribution >= 4 is 11.9 Å². The Morgan fingerprint density at radius 1 is 1.35 bits per heavy atom. The van der Waals surface area contributed by atoms with Gasteiger partial charge in [-0.1, -0.05) is 0 Å². The Balaban J connectivity index is 2.97. The van der Waals surface area contributed by atoms with E-state index in [2.05, 4.69) is 10.3 Å². The van der Waals surface area contributed by atoms with E-state index in [1.54, 1.807) is 39.8 Å². The second kappa shape index (κ2) is 5.58. The van der Waals surface area contributed by atoms with Gasteiger partial charge in [0.15, 0.2) is 0 Å². The predicted molar refractivity (Wildman–Crippen MR) is 75.1 cm³/mol. The smallest absolute Gasteiger partial charge is 0.311 e. The van der Waals surface area contributed by atoms with Gasteiger partial charge in [-0.25, -0.2) is 0 Å². The standard InChI is InChI=1S/C14H21N3O3/c1-13(2,12(19)20)14(3,4)17-11(18)9-5-6-16-10(7-9)8-15/h5-7H,8,15H2,1-4H3,(H,17,18)(H,19,20). The molecule has 0 aliphatic carbocycles. The van der Waals surface area contributed by atoms with Crippen LogP contribution in [0.4, 0.5) is 0 Å². The van der Waals surface area contributed by atoms with Crippen LogP contribution in [0.1, 0.15) is 43.7 Å². The van der Waals surface area contributed by atoms with Crippen molar-refractivity contribution in [2.75, 3.05) is 0 Å². The fourth-order valence-electron chi connectivity index (χ4n) is 1.51. The van der Waals surface area contributed by atoms with Crippen LogP contribution in [0, 0.1) is 5.41 Å². The Morgan fingerprint density at radius 2 is 1.95 bits per heavy atom. The van der Waals surface area contributed by atoms with Crippen molar-refractivity contribution in [2.45, 2.75) is 39.8 Å². The van der Waals surface area contributed by atoms with Gasteiger partial charge in [-0.15, -0.1) is 0 Å². The summed E-state index contributed by atoms with van der Waals surface area (Å²) in [5.41, 5.74) is 4.48. The van der Waals surface area contributed by atoms with Gasteiger partial charge in [0, 0.05) is 18.3 Å². The molecule has 0 aromatic carbocycles. The van der Waals surface area contributed by atoms with Gasteiger partial charge in [0.05, 0.1) is 16.6 Å². The highest BCUT2D eigenvalue weighted by Gasteiger charge is 2.44. The van der Waals surface area contributed by atoms with Crippen LogP contribution in [0.15, 0.2) is 18.3 Å². The SMILES string of the molecule is CC(C)(NC(=O)c1ccnc(CN)c1)C(C)(C)C(=O)O. The zero-order chi connectivity index (χ0) is 15.6. The number of carbonyl (C=O) groups is 2. The molecular formula is C14H21N3O3. The molecule has 1 rings (SSSR count). The number of aromatic nitrogens is 1. The number of nitrogens with two attached hydrogens (primary N) is 1. The average Bonchev–Trinajstić information content (AvgIpc) is 2.37. The van der Waals surface area contributed by atoms with Crippen molar-refractivity contribution in [3.63, 3.8) is 0 Å². The fraction of sp³-hybridized carbons (Fsp3) is 0.500. The third-order valence-electron chi connectivity index (χ3n) is 3.81. The minimum Gasteiger partial charge on any atom is -0.481 e. The van der Waals surface area contributed by atoms with E-state index in [1.807, 2.05) is 0 Å². The summed E-state index contributed by atoms with van der Waals surface area (Å²) in [4.78, 5) is 27.5. The van der Waals surface area contributed by atoms with Crippen molar-refractivity contribution in [3.8, 4) is 0 Å². The van der Waals surface area contributed by atoms with Gasteiger partial charge in [0.2, 0.25) is 0 Å². The predicted octanol–water partition coefficient (Wildman–Crippen LogP) is 1.16. The summed E-state index contributed by atoms with van der Waals surface area (Å²) in [6, 6.07) is 3.16. The lowest BCUT2D eigenvalue weighted by atomic mass is 9.74. The van der Waals surface area contributed by atoms with Gasteiger partial charge >= 0.3 is 5.97 Å². The number of nitrogens with zero attached hydrogens (tertiary/aromatic N) is 1. The van der Waals surface area contributed by atoms with Gasteiger partial charge in [-0.3, -0.25) is 14.6 Å². The number of rotatable bonds is 5. The largest absolute Gasteiger partial charge is 0.481 e. The molecule has 1 amide bonds. The maximum absolute atomic E-state index is 12.2. The summed E-state index contributed by atoms with van der Waals surface area (Å²) >= 11 is 0. The normalized spacial score (nSPS) is 12.1. The van der Waals surface area contributed by atoms with E-state index in [0.29, 0.717) is 11.3 Å². The van der Waals surface area contributed by atoms with Crippen molar-refractivity contribution < 1.29 is 14.7 Å². The maximum Gasteiger partial charge on any atom is 0.311 e. The first-order valence-electron chi connectivity index (χ1n) is 6.32. The van der Waals surface area contributed by atoms with E-state index < -0.39 is 16.9 Å². The van der Waals surface area contributed by atoms with Gasteiger partial charge < -0.3 is 16.2 Å². The third-order valence-corrected chi connectivity index (χ3v) is 3.81. The first kappa shape index (κ1) is 16.1. The lowest BCUT2D eigenvalue weighted by Crippen LogP contribution is -2.57. The Labute approximate surface area is 118 Å². The highest BCUT2D eigenvalue weighted by atomic mass is 16.4. The molecular weight excluding hydrogens is 258 g/mol. The number of carboxylic acid groups (broad SMARTS) is 1. The number of carboxylic acids is 1. The monoisotopic (exact) mass is 279 g/mol. The highest BCUT2D eigenvalue weighted by molar-refractivity contribution is 5.95. The Hall–Kier alpha value is -1.95. The average molecular weight is 279 g/mol. The van der Waals surface area contributed by atoms with Crippen molar-refractivity contribution in [2.24, 2.45) is 11.1 Å². The summed E-state index contributed by atoms with van der Waals surface area (Å²) in [6.07, 6.45) is 1.51. The van der Waals surface area contributed by atoms with E-state index in [1.165, 1.54) is 6.20 Å². The first-order chi connectivity index (χ1) is 9.11. The number of amides is 1. The summed E-state index contributed by atoms with van der Waals surface area (Å²) in [5, 5.41) is 12.0. The number of nitrogens with one attached hydrogen (secondary N) is 1. The molecule has 1 aromatic rings. The van der Waals surface area contributed by atoms with E-state index in [4.69, 9.17) is 5.73 Å². The van der Waals surface area contributed by atoms with Gasteiger partial charge in [0.25, 0.3) is 5.91 Å². The summed E-state index contributed by atoms with van der Waals surface area (Å²) < 4.78 is 0. The zero-order valence-electron chi connectivity index (χ0n) is 12.2. The van der Waals surface area contributed by atoms with E-state index in [9.17, 15) is 14.7 Å². The van der Waals surface area contributed by atoms with Crippen molar-refractivity contribution in [1.82, 2.24) is 10.3 Å². The number of hydrogen-bond acceptors (Lipinski definition) is 4. The molecule has 6 nitrogen and oxygen atoms in total. The fourth-order valence-corrected chi connectivity index (χ4v) is 1.51. The summed E-state index contributed by atoms with van der Waals surface area (Å²) in [7, 11) is 0. The second-order valence-corrected chi connectivity index (χ2v) is 5.75. The zero-order valence-corrected chi connectivity index (χ0v) is 12.2. The van der Waals surface area contributed by atoms with Crippen LogP contribution in [0.25, 0.3) is 0 Å². The molecule has 1 heterocycles. The van der Waals surface area contributed by atoms with Crippen LogP contribution < -0.4 is 11.1 Å². The molecule has 4 N–H and O–H groups in total. The van der Waals surface area contributed by atoms with Crippen LogP contribution in [0.2, 0.25) is 0 Å². The molecule has 6 heteroatoms. The Morgan fingerprint density at radius 3 is 2.45 bits per heavy atom. The molecule has 20 heavy (non-hydrogen) atoms. The van der Waals surface area contributed by atoms with E-state index >= 15 is 0 Å². The van der Waals surface area contributed by atoms with Crippen LogP contribution in [-0.4, -0.2) is 27.5 Å². The first-order valence-corrected chi connectivity index (χ1v) is 6.32. The molecule has 0 unspecified atom stereocenters. The molecule has 0 spiro atoms. The van der Waals surface area contributed by atoms with Crippen LogP contribution in [0.3, 0.4) is 0 Å². The summed E-state index contributed by atoms with van der Waals surface area (Å²) in [6.45, 7) is 6.76. The number of aliphatic carboxylic acids is 1. The Kier molecular flexibility index (Phi) is 4.50. The van der Waals surface area contributed by atoms with Crippen LogP contribution in [-0.2, 0) is 11.3 Å². The van der Waals surface area contributed by atoms with Crippen LogP contribution >= 0.6 is 0 Å². The molecule has 0 aliphatic rings. The van der Waals surface area contributed by atoms with Gasteiger partial charge in [-0.05, 0) is 39.8 Å². The van der Waals surface area contributed by atoms with Gasteiger partial charge in [-0.2, -0.15) is 0 Å². The molecule has 0 saturated carbocycles. The molecule has 0 bridgehead atoms. The summed E-state index contributed by atoms with van der Waals surface area (Å²) in [5.74, 6) is -1.32. The maximum atomic E-state index is 12.2. The third kappa shape index (κ3) is 3.14. The minimum atomic E-state index is -1.10. The molecule has 0 aliphatic heterocycles. The molecule has 110 valence electrons. The van der Waals surface area contributed by atoms with E-state index in [0.717, 1.165) is 0 Å². The second-order valence-electron chi connectivity index (χ2n) is 5.75. The van der Waals surface area contributed by atoms with Gasteiger partial charge in [0.1, 0.15) is 0 Å². The topological polar surface area (TPSA) is 105 Å². The lowest BCUT2D eigenvalue weighted by Gasteiger charge is -2.38. The molecule has 1 aromatic heterocycles. The minimum absolute atomic E-state index is 0.241. The van der Waals surface area contributed by atoms with Crippen LogP contribution in [0.5, 0.6) is 0 Å². The van der Waals surface area contributed by atoms with Crippen molar-refractivity contribution in [1.29, 1.82) is 0 Å².